The number of rotatable bonds is 2. The van der Waals surface area contributed by atoms with Gasteiger partial charge < -0.3 is 5.32 Å². The molecule has 0 amide bonds. The molecule has 2 saturated heterocycles. The summed E-state index contributed by atoms with van der Waals surface area (Å²) in [7, 11) is 0. The molecule has 17 heavy (non-hydrogen) atoms. The second kappa shape index (κ2) is 4.79. The van der Waals surface area contributed by atoms with Crippen LogP contribution < -0.4 is 5.32 Å². The quantitative estimate of drug-likeness (QED) is 0.835. The average Bonchev–Trinajstić information content (AvgIpc) is 2.79. The summed E-state index contributed by atoms with van der Waals surface area (Å²) in [5, 5.41) is 3.72. The third-order valence-corrected chi connectivity index (χ3v) is 4.32. The summed E-state index contributed by atoms with van der Waals surface area (Å²) in [4.78, 5) is 2.68. The number of hydrogen-bond donors (Lipinski definition) is 1. The van der Waals surface area contributed by atoms with Crippen molar-refractivity contribution in [1.82, 2.24) is 10.2 Å². The number of benzene rings is 1. The zero-order valence-electron chi connectivity index (χ0n) is 10.7. The predicted molar refractivity (Wildman–Crippen MR) is 71.3 cm³/mol. The highest BCUT2D eigenvalue weighted by molar-refractivity contribution is 5.26. The molecular weight excluding hydrogens is 208 g/mol. The van der Waals surface area contributed by atoms with Gasteiger partial charge in [-0.2, -0.15) is 0 Å². The summed E-state index contributed by atoms with van der Waals surface area (Å²) in [5.74, 6) is 0. The molecule has 1 N–H and O–H groups in total. The van der Waals surface area contributed by atoms with Crippen LogP contribution in [-0.4, -0.2) is 36.6 Å². The van der Waals surface area contributed by atoms with E-state index in [0.717, 1.165) is 6.04 Å². The first kappa shape index (κ1) is 11.2. The van der Waals surface area contributed by atoms with E-state index in [1.54, 1.807) is 0 Å². The lowest BCUT2D eigenvalue weighted by Crippen LogP contribution is -2.54. The Kier molecular flexibility index (Phi) is 3.17. The number of fused-ring (bicyclic) bond motifs is 1. The normalized spacial score (nSPS) is 29.2. The standard InChI is InChI=1S/C15H22N2/c1-12-5-2-3-6-13(12)9-14-11-17-8-4-7-15(17)10-16-14/h2-3,5-6,14-16H,4,7-11H2,1H3/t14-,15-/m0/s1. The van der Waals surface area contributed by atoms with Crippen LogP contribution in [0.15, 0.2) is 24.3 Å². The van der Waals surface area contributed by atoms with Gasteiger partial charge in [-0.15, -0.1) is 0 Å². The molecule has 0 spiro atoms. The van der Waals surface area contributed by atoms with E-state index < -0.39 is 0 Å². The molecule has 2 nitrogen and oxygen atoms in total. The van der Waals surface area contributed by atoms with Crippen LogP contribution in [0.5, 0.6) is 0 Å². The van der Waals surface area contributed by atoms with E-state index in [2.05, 4.69) is 41.4 Å². The number of nitrogens with zero attached hydrogens (tertiary/aromatic N) is 1. The van der Waals surface area contributed by atoms with E-state index in [1.165, 1.54) is 50.0 Å². The SMILES string of the molecule is Cc1ccccc1C[C@H]1CN2CCC[C@H]2CN1. The largest absolute Gasteiger partial charge is 0.311 e. The van der Waals surface area contributed by atoms with Crippen LogP contribution in [-0.2, 0) is 6.42 Å². The predicted octanol–water partition coefficient (Wildman–Crippen LogP) is 1.97. The first-order chi connectivity index (χ1) is 8.33. The fourth-order valence-corrected chi connectivity index (χ4v) is 3.26. The molecule has 2 heterocycles. The Morgan fingerprint density at radius 1 is 1.35 bits per heavy atom. The summed E-state index contributed by atoms with van der Waals surface area (Å²) in [6.07, 6.45) is 3.96. The van der Waals surface area contributed by atoms with Gasteiger partial charge in [-0.05, 0) is 43.9 Å². The molecule has 2 atom stereocenters. The zero-order valence-corrected chi connectivity index (χ0v) is 10.7. The zero-order chi connectivity index (χ0) is 11.7. The maximum Gasteiger partial charge on any atom is 0.0236 e. The average molecular weight is 230 g/mol. The fourth-order valence-electron chi connectivity index (χ4n) is 3.26. The van der Waals surface area contributed by atoms with Gasteiger partial charge in [0.15, 0.2) is 0 Å². The fraction of sp³-hybridized carbons (Fsp3) is 0.600. The Bertz CT molecular complexity index is 388. The van der Waals surface area contributed by atoms with E-state index in [-0.39, 0.29) is 0 Å². The maximum absolute atomic E-state index is 3.72. The number of aryl methyl sites for hydroxylation is 1. The Morgan fingerprint density at radius 3 is 3.12 bits per heavy atom. The second-order valence-corrected chi connectivity index (χ2v) is 5.53. The lowest BCUT2D eigenvalue weighted by molar-refractivity contribution is 0.172. The second-order valence-electron chi connectivity index (χ2n) is 5.53. The van der Waals surface area contributed by atoms with Crippen molar-refractivity contribution < 1.29 is 0 Å². The number of hydrogen-bond acceptors (Lipinski definition) is 2. The van der Waals surface area contributed by atoms with Crippen LogP contribution in [0, 0.1) is 6.92 Å². The van der Waals surface area contributed by atoms with Crippen LogP contribution in [0.3, 0.4) is 0 Å². The van der Waals surface area contributed by atoms with Crippen LogP contribution in [0.2, 0.25) is 0 Å². The van der Waals surface area contributed by atoms with Crippen molar-refractivity contribution in [1.29, 1.82) is 0 Å². The minimum absolute atomic E-state index is 0.644. The Hall–Kier alpha value is -0.860. The van der Waals surface area contributed by atoms with Crippen molar-refractivity contribution >= 4 is 0 Å². The summed E-state index contributed by atoms with van der Waals surface area (Å²) < 4.78 is 0. The Balaban J connectivity index is 1.64. The molecule has 2 aliphatic heterocycles. The molecule has 1 aromatic rings. The highest BCUT2D eigenvalue weighted by atomic mass is 15.2. The van der Waals surface area contributed by atoms with Crippen molar-refractivity contribution in [2.24, 2.45) is 0 Å². The Morgan fingerprint density at radius 2 is 2.24 bits per heavy atom. The van der Waals surface area contributed by atoms with Gasteiger partial charge >= 0.3 is 0 Å². The van der Waals surface area contributed by atoms with Crippen LogP contribution in [0.4, 0.5) is 0 Å². The summed E-state index contributed by atoms with van der Waals surface area (Å²) in [5.41, 5.74) is 2.93. The number of piperazine rings is 1. The van der Waals surface area contributed by atoms with Crippen molar-refractivity contribution in [3.05, 3.63) is 35.4 Å². The van der Waals surface area contributed by atoms with Crippen molar-refractivity contribution in [3.63, 3.8) is 0 Å². The first-order valence-corrected chi connectivity index (χ1v) is 6.85. The highest BCUT2D eigenvalue weighted by Crippen LogP contribution is 2.21. The van der Waals surface area contributed by atoms with E-state index in [1.807, 2.05) is 0 Å². The summed E-state index contributed by atoms with van der Waals surface area (Å²) >= 11 is 0. The smallest absolute Gasteiger partial charge is 0.0236 e. The van der Waals surface area contributed by atoms with E-state index in [9.17, 15) is 0 Å². The summed E-state index contributed by atoms with van der Waals surface area (Å²) in [6, 6.07) is 10.2. The van der Waals surface area contributed by atoms with Gasteiger partial charge in [0.25, 0.3) is 0 Å². The molecule has 1 aromatic carbocycles. The Labute approximate surface area is 104 Å². The molecule has 2 fully saturated rings. The molecular formula is C15H22N2. The van der Waals surface area contributed by atoms with Gasteiger partial charge in [-0.1, -0.05) is 24.3 Å². The van der Waals surface area contributed by atoms with Crippen molar-refractivity contribution in [2.75, 3.05) is 19.6 Å². The first-order valence-electron chi connectivity index (χ1n) is 6.85. The molecule has 0 radical (unpaired) electrons. The molecule has 92 valence electrons. The molecule has 2 heteroatoms. The van der Waals surface area contributed by atoms with Gasteiger partial charge in [-0.25, -0.2) is 0 Å². The van der Waals surface area contributed by atoms with Gasteiger partial charge in [0.05, 0.1) is 0 Å². The number of nitrogens with one attached hydrogen (secondary N) is 1. The van der Waals surface area contributed by atoms with E-state index >= 15 is 0 Å². The monoisotopic (exact) mass is 230 g/mol. The molecule has 0 unspecified atom stereocenters. The maximum atomic E-state index is 3.72. The molecule has 0 saturated carbocycles. The topological polar surface area (TPSA) is 15.3 Å². The van der Waals surface area contributed by atoms with Gasteiger partial charge in [0, 0.05) is 25.2 Å². The highest BCUT2D eigenvalue weighted by Gasteiger charge is 2.31. The van der Waals surface area contributed by atoms with Crippen LogP contribution >= 0.6 is 0 Å². The molecule has 0 aliphatic carbocycles. The molecule has 3 rings (SSSR count). The van der Waals surface area contributed by atoms with Crippen molar-refractivity contribution in [3.8, 4) is 0 Å². The van der Waals surface area contributed by atoms with Gasteiger partial charge in [0.2, 0.25) is 0 Å². The van der Waals surface area contributed by atoms with Gasteiger partial charge in [-0.3, -0.25) is 4.90 Å². The van der Waals surface area contributed by atoms with Gasteiger partial charge in [0.1, 0.15) is 0 Å². The third kappa shape index (κ3) is 2.38. The minimum Gasteiger partial charge on any atom is -0.311 e. The van der Waals surface area contributed by atoms with Crippen molar-refractivity contribution in [2.45, 2.75) is 38.3 Å². The van der Waals surface area contributed by atoms with E-state index in [0.29, 0.717) is 6.04 Å². The molecule has 0 aromatic heterocycles. The molecule has 2 aliphatic rings. The van der Waals surface area contributed by atoms with Crippen LogP contribution in [0.1, 0.15) is 24.0 Å². The lowest BCUT2D eigenvalue weighted by Gasteiger charge is -2.36. The third-order valence-electron chi connectivity index (χ3n) is 4.32. The molecule has 0 bridgehead atoms. The minimum atomic E-state index is 0.644. The lowest BCUT2D eigenvalue weighted by atomic mass is 9.99. The summed E-state index contributed by atoms with van der Waals surface area (Å²) in [6.45, 7) is 5.96. The van der Waals surface area contributed by atoms with Crippen LogP contribution in [0.25, 0.3) is 0 Å². The van der Waals surface area contributed by atoms with E-state index in [4.69, 9.17) is 0 Å².